The summed E-state index contributed by atoms with van der Waals surface area (Å²) in [6, 6.07) is 3.36. The Hall–Kier alpha value is -3.14. The second-order valence-electron chi connectivity index (χ2n) is 10.8. The lowest BCUT2D eigenvalue weighted by atomic mass is 9.77. The van der Waals surface area contributed by atoms with Crippen LogP contribution < -0.4 is 15.2 Å². The lowest BCUT2D eigenvalue weighted by Crippen LogP contribution is -2.22. The van der Waals surface area contributed by atoms with Crippen LogP contribution in [0.2, 0.25) is 0 Å². The van der Waals surface area contributed by atoms with Crippen molar-refractivity contribution in [3.8, 4) is 23.5 Å². The summed E-state index contributed by atoms with van der Waals surface area (Å²) in [6.45, 7) is 6.63. The van der Waals surface area contributed by atoms with Gasteiger partial charge < -0.3 is 15.2 Å². The van der Waals surface area contributed by atoms with E-state index in [1.807, 2.05) is 6.92 Å². The van der Waals surface area contributed by atoms with Crippen LogP contribution in [0.5, 0.6) is 11.6 Å². The van der Waals surface area contributed by atoms with Crippen LogP contribution in [0.3, 0.4) is 0 Å². The molecule has 0 aliphatic heterocycles. The van der Waals surface area contributed by atoms with Gasteiger partial charge in [0.25, 0.3) is 5.91 Å². The van der Waals surface area contributed by atoms with Crippen LogP contribution in [0, 0.1) is 41.4 Å². The van der Waals surface area contributed by atoms with E-state index in [0.717, 1.165) is 18.8 Å². The van der Waals surface area contributed by atoms with Gasteiger partial charge in [-0.05, 0) is 56.1 Å². The summed E-state index contributed by atoms with van der Waals surface area (Å²) in [5, 5.41) is 1.33. The largest absolute Gasteiger partial charge is 0.496 e. The predicted octanol–water partition coefficient (Wildman–Crippen LogP) is 5.49. The third kappa shape index (κ3) is 5.74. The Bertz CT molecular complexity index is 1220. The molecule has 1 aromatic heterocycles. The van der Waals surface area contributed by atoms with E-state index in [2.05, 4.69) is 30.7 Å². The minimum absolute atomic E-state index is 0.162. The normalized spacial score (nSPS) is 25.7. The van der Waals surface area contributed by atoms with Crippen LogP contribution in [-0.4, -0.2) is 36.6 Å². The van der Waals surface area contributed by atoms with E-state index in [0.29, 0.717) is 46.2 Å². The number of methoxy groups -OCH3 is 1. The maximum Gasteiger partial charge on any atom is 0.252 e. The number of rotatable bonds is 7. The van der Waals surface area contributed by atoms with Gasteiger partial charge in [-0.15, -0.1) is 0 Å². The third-order valence-corrected chi connectivity index (χ3v) is 8.22. The standard InChI is InChI=1S/C30H37FN2O4/c1-5-22-21(12-26(34)28(22)31)16-37-30-24-14-27(36-4)25(29(32)35)13-23(24)20(15-33-30)11-8-18-6-9-19(10-7-18)17(2)3/h13-15,17-19,21-22,28H,5-7,9-10,12,16H2,1-4H3,(H2,32,35)/t18?,19?,21-,22+,28+/m1/s1. The van der Waals surface area contributed by atoms with Crippen molar-refractivity contribution in [2.45, 2.75) is 65.5 Å². The van der Waals surface area contributed by atoms with Crippen molar-refractivity contribution in [3.63, 3.8) is 0 Å². The Balaban J connectivity index is 1.65. The van der Waals surface area contributed by atoms with Crippen molar-refractivity contribution in [2.75, 3.05) is 13.7 Å². The first-order valence-corrected chi connectivity index (χ1v) is 13.3. The van der Waals surface area contributed by atoms with Gasteiger partial charge >= 0.3 is 0 Å². The predicted molar refractivity (Wildman–Crippen MR) is 141 cm³/mol. The number of aromatic nitrogens is 1. The van der Waals surface area contributed by atoms with Gasteiger partial charge in [-0.3, -0.25) is 9.59 Å². The summed E-state index contributed by atoms with van der Waals surface area (Å²) in [5.74, 6) is 7.63. The molecule has 3 atom stereocenters. The van der Waals surface area contributed by atoms with E-state index in [9.17, 15) is 14.0 Å². The number of hydrogen-bond acceptors (Lipinski definition) is 5. The highest BCUT2D eigenvalue weighted by atomic mass is 19.1. The van der Waals surface area contributed by atoms with Gasteiger partial charge in [-0.2, -0.15) is 0 Å². The van der Waals surface area contributed by atoms with Gasteiger partial charge in [-0.25, -0.2) is 9.37 Å². The zero-order valence-electron chi connectivity index (χ0n) is 22.2. The highest BCUT2D eigenvalue weighted by molar-refractivity contribution is 6.03. The average molecular weight is 509 g/mol. The molecule has 0 spiro atoms. The summed E-state index contributed by atoms with van der Waals surface area (Å²) in [5.41, 5.74) is 6.56. The molecule has 2 saturated carbocycles. The summed E-state index contributed by atoms with van der Waals surface area (Å²) in [6.07, 6.45) is 5.48. The fourth-order valence-electron chi connectivity index (χ4n) is 5.84. The summed E-state index contributed by atoms with van der Waals surface area (Å²) >= 11 is 0. The smallest absolute Gasteiger partial charge is 0.252 e. The van der Waals surface area contributed by atoms with Gasteiger partial charge in [0.1, 0.15) is 5.75 Å². The molecule has 0 radical (unpaired) electrons. The number of primary amides is 1. The van der Waals surface area contributed by atoms with Crippen LogP contribution in [0.1, 0.15) is 75.2 Å². The number of carbonyl (C=O) groups excluding carboxylic acids is 2. The Labute approximate surface area is 218 Å². The number of halogens is 1. The Kier molecular flexibility index (Phi) is 8.36. The topological polar surface area (TPSA) is 91.5 Å². The number of pyridine rings is 1. The van der Waals surface area contributed by atoms with Gasteiger partial charge in [0, 0.05) is 41.1 Å². The van der Waals surface area contributed by atoms with E-state index in [-0.39, 0.29) is 36.2 Å². The maximum atomic E-state index is 14.3. The van der Waals surface area contributed by atoms with Crippen molar-refractivity contribution >= 4 is 22.5 Å². The van der Waals surface area contributed by atoms with Crippen molar-refractivity contribution in [1.29, 1.82) is 0 Å². The molecule has 1 heterocycles. The van der Waals surface area contributed by atoms with E-state index >= 15 is 0 Å². The molecule has 4 rings (SSSR count). The van der Waals surface area contributed by atoms with E-state index in [1.165, 1.54) is 20.0 Å². The second-order valence-corrected chi connectivity index (χ2v) is 10.8. The summed E-state index contributed by atoms with van der Waals surface area (Å²) in [7, 11) is 1.47. The highest BCUT2D eigenvalue weighted by Crippen LogP contribution is 2.37. The number of hydrogen-bond donors (Lipinski definition) is 1. The number of fused-ring (bicyclic) bond motifs is 1. The molecule has 198 valence electrons. The first kappa shape index (κ1) is 26.9. The zero-order valence-corrected chi connectivity index (χ0v) is 22.2. The van der Waals surface area contributed by atoms with E-state index in [4.69, 9.17) is 15.2 Å². The number of ether oxygens (including phenoxy) is 2. The van der Waals surface area contributed by atoms with E-state index < -0.39 is 12.1 Å². The molecule has 37 heavy (non-hydrogen) atoms. The van der Waals surface area contributed by atoms with Crippen molar-refractivity contribution < 1.29 is 23.5 Å². The van der Waals surface area contributed by atoms with Crippen molar-refractivity contribution in [3.05, 3.63) is 29.5 Å². The lowest BCUT2D eigenvalue weighted by Gasteiger charge is -2.28. The third-order valence-electron chi connectivity index (χ3n) is 8.22. The number of benzene rings is 1. The molecule has 0 bridgehead atoms. The number of nitrogens with zero attached hydrogens (tertiary/aromatic N) is 1. The molecule has 0 saturated heterocycles. The Morgan fingerprint density at radius 3 is 2.57 bits per heavy atom. The molecular weight excluding hydrogens is 471 g/mol. The highest BCUT2D eigenvalue weighted by Gasteiger charge is 2.42. The fourth-order valence-corrected chi connectivity index (χ4v) is 5.84. The Morgan fingerprint density at radius 2 is 1.95 bits per heavy atom. The quantitative estimate of drug-likeness (QED) is 0.500. The molecule has 7 heteroatoms. The molecule has 0 unspecified atom stereocenters. The molecule has 6 nitrogen and oxygen atoms in total. The van der Waals surface area contributed by atoms with Gasteiger partial charge in [-0.1, -0.05) is 32.6 Å². The molecule has 2 N–H and O–H groups in total. The number of Topliss-reactive ketones (excluding diaryl/α,β-unsaturated/α-hetero) is 1. The summed E-state index contributed by atoms with van der Waals surface area (Å²) in [4.78, 5) is 28.6. The molecule has 1 amide bonds. The van der Waals surface area contributed by atoms with Crippen molar-refractivity contribution in [1.82, 2.24) is 4.98 Å². The van der Waals surface area contributed by atoms with Gasteiger partial charge in [0.2, 0.25) is 5.88 Å². The number of alkyl halides is 1. The van der Waals surface area contributed by atoms with E-state index in [1.54, 1.807) is 18.3 Å². The van der Waals surface area contributed by atoms with Gasteiger partial charge in [0.15, 0.2) is 12.0 Å². The molecular formula is C30H37FN2O4. The van der Waals surface area contributed by atoms with Crippen LogP contribution in [0.15, 0.2) is 18.3 Å². The number of carbonyl (C=O) groups is 2. The SMILES string of the molecule is CC[C@H]1[C@@H](COc2ncc(C#CC3CCC(C(C)C)CC3)c3cc(C(N)=O)c(OC)cc23)CC(=O)[C@H]1F. The van der Waals surface area contributed by atoms with Crippen LogP contribution in [0.4, 0.5) is 4.39 Å². The van der Waals surface area contributed by atoms with Crippen LogP contribution in [-0.2, 0) is 4.79 Å². The Morgan fingerprint density at radius 1 is 1.22 bits per heavy atom. The average Bonchev–Trinajstić information content (AvgIpc) is 3.17. The van der Waals surface area contributed by atoms with Crippen molar-refractivity contribution in [2.24, 2.45) is 35.3 Å². The van der Waals surface area contributed by atoms with Gasteiger partial charge in [0.05, 0.1) is 24.8 Å². The fraction of sp³-hybridized carbons (Fsp3) is 0.567. The molecule has 2 aliphatic carbocycles. The second kappa shape index (κ2) is 11.5. The lowest BCUT2D eigenvalue weighted by molar-refractivity contribution is -0.122. The monoisotopic (exact) mass is 508 g/mol. The minimum atomic E-state index is -1.44. The molecule has 2 aliphatic rings. The first-order chi connectivity index (χ1) is 17.7. The summed E-state index contributed by atoms with van der Waals surface area (Å²) < 4.78 is 25.8. The minimum Gasteiger partial charge on any atom is -0.496 e. The number of ketones is 1. The molecule has 2 aromatic rings. The molecule has 2 fully saturated rings. The number of nitrogens with two attached hydrogens (primary N) is 1. The zero-order chi connectivity index (χ0) is 26.7. The van der Waals surface area contributed by atoms with Crippen LogP contribution >= 0.6 is 0 Å². The molecule has 1 aromatic carbocycles. The number of amides is 1. The first-order valence-electron chi connectivity index (χ1n) is 13.3. The maximum absolute atomic E-state index is 14.3. The van der Waals surface area contributed by atoms with Crippen LogP contribution in [0.25, 0.3) is 10.8 Å².